The molecular weight excluding hydrogens is 647 g/mol. The highest BCUT2D eigenvalue weighted by Gasteiger charge is 2.42. The number of aliphatic hydroxyl groups excluding tert-OH is 1. The molecule has 52 heavy (non-hydrogen) atoms. The number of rotatable bonds is 34. The molecule has 0 aromatic carbocycles. The molecule has 2 saturated carbocycles. The number of nitrogens with zero attached hydrogens (tertiary/aromatic N) is 1. The SMILES string of the molecule is CCCCCC(CCCCC)CCOC(=O)CCCCCCCN(CCCCO)CCCCCCCCOC(=O)CC1(C)CC2CC(C)CC(C2)C1. The molecule has 0 radical (unpaired) electrons. The second-order valence-electron chi connectivity index (χ2n) is 17.9. The predicted octanol–water partition coefficient (Wildman–Crippen LogP) is 12.2. The van der Waals surface area contributed by atoms with Crippen LogP contribution in [0.25, 0.3) is 0 Å². The third-order valence-electron chi connectivity index (χ3n) is 12.4. The molecule has 2 fully saturated rings. The van der Waals surface area contributed by atoms with Crippen molar-refractivity contribution in [1.82, 2.24) is 4.90 Å². The molecule has 0 amide bonds. The van der Waals surface area contributed by atoms with Crippen LogP contribution in [0.5, 0.6) is 0 Å². The second kappa shape index (κ2) is 30.1. The van der Waals surface area contributed by atoms with Crippen molar-refractivity contribution in [3.8, 4) is 0 Å². The molecule has 0 aliphatic heterocycles. The number of ether oxygens (including phenoxy) is 2. The number of fused-ring (bicyclic) bond motifs is 2. The molecule has 2 bridgehead atoms. The molecule has 2 aliphatic rings. The Morgan fingerprint density at radius 2 is 1.15 bits per heavy atom. The van der Waals surface area contributed by atoms with E-state index in [1.807, 2.05) is 0 Å². The van der Waals surface area contributed by atoms with Gasteiger partial charge in [-0.15, -0.1) is 0 Å². The highest BCUT2D eigenvalue weighted by molar-refractivity contribution is 5.70. The lowest BCUT2D eigenvalue weighted by Crippen LogP contribution is -2.37. The zero-order valence-corrected chi connectivity index (χ0v) is 35.1. The molecule has 0 aromatic heterocycles. The monoisotopic (exact) mass is 734 g/mol. The fraction of sp³-hybridized carbons (Fsp3) is 0.957. The number of hydrogen-bond acceptors (Lipinski definition) is 6. The molecule has 2 rings (SSSR count). The lowest BCUT2D eigenvalue weighted by Gasteiger charge is -2.47. The van der Waals surface area contributed by atoms with Gasteiger partial charge in [0.05, 0.1) is 19.6 Å². The molecule has 2 aliphatic carbocycles. The summed E-state index contributed by atoms with van der Waals surface area (Å²) in [6, 6.07) is 0. The van der Waals surface area contributed by atoms with E-state index in [1.165, 1.54) is 128 Å². The maximum atomic E-state index is 12.6. The average molecular weight is 734 g/mol. The Bertz CT molecular complexity index is 851. The van der Waals surface area contributed by atoms with Crippen molar-refractivity contribution in [1.29, 1.82) is 0 Å². The fourth-order valence-electron chi connectivity index (χ4n) is 9.71. The van der Waals surface area contributed by atoms with Crippen LogP contribution in [0.3, 0.4) is 0 Å². The first-order valence-corrected chi connectivity index (χ1v) is 22.9. The van der Waals surface area contributed by atoms with Gasteiger partial charge < -0.3 is 19.5 Å². The Kier molecular flexibility index (Phi) is 27.2. The van der Waals surface area contributed by atoms with E-state index in [9.17, 15) is 14.7 Å². The van der Waals surface area contributed by atoms with E-state index in [0.29, 0.717) is 32.0 Å². The van der Waals surface area contributed by atoms with E-state index in [2.05, 4.69) is 32.6 Å². The van der Waals surface area contributed by atoms with E-state index in [4.69, 9.17) is 9.47 Å². The standard InChI is InChI=1S/C46H87NO5/c1-5-7-16-24-41(25-17-8-6-2)27-33-52-44(49)26-18-12-11-14-20-29-47(30-21-22-31-48)28-19-13-9-10-15-23-32-51-45(50)39-46(4)37-42-34-40(3)35-43(36-42)38-46/h40-43,48H,5-39H2,1-4H3. The molecule has 2 atom stereocenters. The van der Waals surface area contributed by atoms with Crippen molar-refractivity contribution >= 4 is 11.9 Å². The summed E-state index contributed by atoms with van der Waals surface area (Å²) in [4.78, 5) is 27.6. The van der Waals surface area contributed by atoms with E-state index < -0.39 is 0 Å². The highest BCUT2D eigenvalue weighted by Crippen LogP contribution is 2.51. The maximum Gasteiger partial charge on any atom is 0.306 e. The quantitative estimate of drug-likeness (QED) is 0.0524. The molecule has 2 unspecified atom stereocenters. The van der Waals surface area contributed by atoms with Crippen LogP contribution in [0.2, 0.25) is 0 Å². The first-order valence-electron chi connectivity index (χ1n) is 22.9. The van der Waals surface area contributed by atoms with Gasteiger partial charge in [-0.3, -0.25) is 9.59 Å². The van der Waals surface area contributed by atoms with Crippen LogP contribution in [0.4, 0.5) is 0 Å². The summed E-state index contributed by atoms with van der Waals surface area (Å²) in [5, 5.41) is 9.28. The van der Waals surface area contributed by atoms with Gasteiger partial charge in [0.2, 0.25) is 0 Å². The molecular formula is C46H87NO5. The van der Waals surface area contributed by atoms with Crippen molar-refractivity contribution in [2.24, 2.45) is 29.1 Å². The maximum absolute atomic E-state index is 12.6. The first kappa shape index (κ1) is 47.0. The normalized spacial score (nSPS) is 21.6. The van der Waals surface area contributed by atoms with Crippen molar-refractivity contribution < 1.29 is 24.2 Å². The van der Waals surface area contributed by atoms with Crippen LogP contribution in [0.1, 0.15) is 214 Å². The zero-order chi connectivity index (χ0) is 37.7. The summed E-state index contributed by atoms with van der Waals surface area (Å²) in [7, 11) is 0. The molecule has 6 nitrogen and oxygen atoms in total. The summed E-state index contributed by atoms with van der Waals surface area (Å²) < 4.78 is 11.3. The van der Waals surface area contributed by atoms with Crippen LogP contribution >= 0.6 is 0 Å². The summed E-state index contributed by atoms with van der Waals surface area (Å²) in [5.74, 6) is 3.24. The second-order valence-corrected chi connectivity index (χ2v) is 17.9. The van der Waals surface area contributed by atoms with Gasteiger partial charge >= 0.3 is 11.9 Å². The summed E-state index contributed by atoms with van der Waals surface area (Å²) in [6.45, 7) is 14.1. The third kappa shape index (κ3) is 23.6. The lowest BCUT2D eigenvalue weighted by atomic mass is 9.58. The van der Waals surface area contributed by atoms with Crippen LogP contribution in [0.15, 0.2) is 0 Å². The first-order chi connectivity index (χ1) is 25.3. The minimum Gasteiger partial charge on any atom is -0.466 e. The number of carbonyl (C=O) groups is 2. The van der Waals surface area contributed by atoms with E-state index >= 15 is 0 Å². The Morgan fingerprint density at radius 3 is 1.73 bits per heavy atom. The van der Waals surface area contributed by atoms with Crippen molar-refractivity contribution in [3.05, 3.63) is 0 Å². The molecule has 0 spiro atoms. The van der Waals surface area contributed by atoms with Gasteiger partial charge in [0, 0.05) is 13.0 Å². The average Bonchev–Trinajstić information content (AvgIpc) is 3.09. The smallest absolute Gasteiger partial charge is 0.306 e. The zero-order valence-electron chi connectivity index (χ0n) is 35.1. The van der Waals surface area contributed by atoms with E-state index in [-0.39, 0.29) is 24.0 Å². The Labute approximate surface area is 322 Å². The van der Waals surface area contributed by atoms with Gasteiger partial charge in [-0.25, -0.2) is 0 Å². The Hall–Kier alpha value is -1.14. The fourth-order valence-corrected chi connectivity index (χ4v) is 9.71. The largest absolute Gasteiger partial charge is 0.466 e. The van der Waals surface area contributed by atoms with Crippen LogP contribution < -0.4 is 0 Å². The Morgan fingerprint density at radius 1 is 0.635 bits per heavy atom. The summed E-state index contributed by atoms with van der Waals surface area (Å²) in [6.07, 6.45) is 33.7. The lowest BCUT2D eigenvalue weighted by molar-refractivity contribution is -0.148. The van der Waals surface area contributed by atoms with Gasteiger partial charge in [0.25, 0.3) is 0 Å². The molecule has 0 heterocycles. The minimum absolute atomic E-state index is 0.00460. The molecule has 306 valence electrons. The van der Waals surface area contributed by atoms with E-state index in [0.717, 1.165) is 82.3 Å². The molecule has 1 N–H and O–H groups in total. The van der Waals surface area contributed by atoms with Crippen molar-refractivity contribution in [2.75, 3.05) is 39.5 Å². The van der Waals surface area contributed by atoms with Crippen LogP contribution in [-0.2, 0) is 19.1 Å². The minimum atomic E-state index is -0.00460. The van der Waals surface area contributed by atoms with Gasteiger partial charge in [-0.2, -0.15) is 0 Å². The number of carbonyl (C=O) groups excluding carboxylic acids is 2. The molecule has 0 aromatic rings. The summed E-state index contributed by atoms with van der Waals surface area (Å²) >= 11 is 0. The Balaban J connectivity index is 1.46. The van der Waals surface area contributed by atoms with Crippen molar-refractivity contribution in [3.63, 3.8) is 0 Å². The van der Waals surface area contributed by atoms with Crippen LogP contribution in [-0.4, -0.2) is 61.4 Å². The number of aliphatic hydroxyl groups is 1. The van der Waals surface area contributed by atoms with Gasteiger partial charge in [-0.05, 0) is 126 Å². The van der Waals surface area contributed by atoms with Gasteiger partial charge in [0.15, 0.2) is 0 Å². The van der Waals surface area contributed by atoms with Gasteiger partial charge in [0.1, 0.15) is 0 Å². The van der Waals surface area contributed by atoms with E-state index in [1.54, 1.807) is 0 Å². The number of hydrogen-bond donors (Lipinski definition) is 1. The number of esters is 2. The third-order valence-corrected chi connectivity index (χ3v) is 12.4. The van der Waals surface area contributed by atoms with Crippen molar-refractivity contribution in [2.45, 2.75) is 214 Å². The van der Waals surface area contributed by atoms with Gasteiger partial charge in [-0.1, -0.05) is 124 Å². The number of unbranched alkanes of at least 4 members (excludes halogenated alkanes) is 14. The van der Waals surface area contributed by atoms with Crippen LogP contribution in [0, 0.1) is 29.1 Å². The predicted molar refractivity (Wildman–Crippen MR) is 218 cm³/mol. The molecule has 6 heteroatoms. The molecule has 0 saturated heterocycles. The topological polar surface area (TPSA) is 76.1 Å². The summed E-state index contributed by atoms with van der Waals surface area (Å²) in [5.41, 5.74) is 0.151. The highest BCUT2D eigenvalue weighted by atomic mass is 16.5.